The summed E-state index contributed by atoms with van der Waals surface area (Å²) in [5, 5.41) is 24.1. The summed E-state index contributed by atoms with van der Waals surface area (Å²) in [6, 6.07) is -0.656. The first-order chi connectivity index (χ1) is 11.8. The number of aliphatic carboxylic acids is 1. The molecule has 2 N–H and O–H groups in total. The van der Waals surface area contributed by atoms with E-state index < -0.39 is 18.1 Å². The zero-order valence-corrected chi connectivity index (χ0v) is 17.1. The van der Waals surface area contributed by atoms with E-state index in [1.165, 1.54) is 51.4 Å². The van der Waals surface area contributed by atoms with Crippen LogP contribution in [0.15, 0.2) is 0 Å². The molecule has 0 aliphatic heterocycles. The number of hydrogen-bond acceptors (Lipinski definition) is 4. The lowest BCUT2D eigenvalue weighted by Crippen LogP contribution is -2.50. The molecule has 0 saturated heterocycles. The number of aliphatic hydroxyl groups excluding tert-OH is 1. The van der Waals surface area contributed by atoms with Crippen LogP contribution in [0.25, 0.3) is 0 Å². The van der Waals surface area contributed by atoms with Crippen molar-refractivity contribution in [2.75, 3.05) is 34.2 Å². The lowest BCUT2D eigenvalue weighted by molar-refractivity contribution is -0.873. The van der Waals surface area contributed by atoms with Crippen molar-refractivity contribution in [1.82, 2.24) is 5.32 Å². The van der Waals surface area contributed by atoms with E-state index in [0.717, 1.165) is 12.8 Å². The molecule has 2 unspecified atom stereocenters. The van der Waals surface area contributed by atoms with Gasteiger partial charge in [-0.25, -0.2) is 0 Å². The number of carbonyl (C=O) groups excluding carboxylic acids is 1. The molecule has 0 aromatic carbocycles. The Hall–Kier alpha value is -0.650. The molecule has 0 amide bonds. The Morgan fingerprint density at radius 3 is 1.88 bits per heavy atom. The Balaban J connectivity index is 3.72. The van der Waals surface area contributed by atoms with Gasteiger partial charge in [0.25, 0.3) is 0 Å². The number of nitrogens with one attached hydrogen (secondary N) is 1. The second kappa shape index (κ2) is 14.5. The monoisotopic (exact) mass is 358 g/mol. The molecule has 5 heteroatoms. The fourth-order valence-corrected chi connectivity index (χ4v) is 3.11. The first kappa shape index (κ1) is 24.4. The van der Waals surface area contributed by atoms with Gasteiger partial charge < -0.3 is 24.8 Å². The van der Waals surface area contributed by atoms with Crippen LogP contribution in [0.2, 0.25) is 0 Å². The van der Waals surface area contributed by atoms with Crippen LogP contribution in [0.1, 0.15) is 77.6 Å². The van der Waals surface area contributed by atoms with Crippen LogP contribution >= 0.6 is 0 Å². The predicted molar refractivity (Wildman–Crippen MR) is 102 cm³/mol. The van der Waals surface area contributed by atoms with Crippen molar-refractivity contribution < 1.29 is 19.5 Å². The molecule has 0 aliphatic carbocycles. The second-order valence-corrected chi connectivity index (χ2v) is 8.38. The molecule has 0 bridgehead atoms. The van der Waals surface area contributed by atoms with E-state index in [9.17, 15) is 15.0 Å². The molecule has 0 aromatic rings. The van der Waals surface area contributed by atoms with Crippen molar-refractivity contribution in [1.29, 1.82) is 0 Å². The lowest BCUT2D eigenvalue weighted by Gasteiger charge is -2.28. The molecule has 150 valence electrons. The average Bonchev–Trinajstić information content (AvgIpc) is 2.49. The number of carbonyl (C=O) groups is 1. The minimum Gasteiger partial charge on any atom is -0.548 e. The highest BCUT2D eigenvalue weighted by atomic mass is 16.4. The first-order valence-corrected chi connectivity index (χ1v) is 10.2. The van der Waals surface area contributed by atoms with Crippen molar-refractivity contribution >= 4 is 5.97 Å². The van der Waals surface area contributed by atoms with Crippen molar-refractivity contribution in [3.63, 3.8) is 0 Å². The molecular formula is C20H42N2O3. The van der Waals surface area contributed by atoms with Gasteiger partial charge in [-0.2, -0.15) is 0 Å². The molecule has 5 nitrogen and oxygen atoms in total. The number of carboxylic acids is 1. The Bertz CT molecular complexity index is 329. The van der Waals surface area contributed by atoms with Gasteiger partial charge in [0.05, 0.1) is 27.1 Å². The van der Waals surface area contributed by atoms with Gasteiger partial charge in [-0.05, 0) is 6.42 Å². The number of quaternary nitrogens is 1. The van der Waals surface area contributed by atoms with E-state index in [2.05, 4.69) is 12.2 Å². The molecule has 0 saturated carbocycles. The summed E-state index contributed by atoms with van der Waals surface area (Å²) < 4.78 is 0.650. The van der Waals surface area contributed by atoms with Gasteiger partial charge >= 0.3 is 0 Å². The maximum absolute atomic E-state index is 11.2. The summed E-state index contributed by atoms with van der Waals surface area (Å²) in [5.41, 5.74) is 0. The van der Waals surface area contributed by atoms with E-state index >= 15 is 0 Å². The zero-order chi connectivity index (χ0) is 19.1. The third kappa shape index (κ3) is 16.6. The number of carboxylic acid groups (broad SMARTS) is 1. The summed E-state index contributed by atoms with van der Waals surface area (Å²) in [6.45, 7) is 3.12. The van der Waals surface area contributed by atoms with Crippen molar-refractivity contribution in [3.05, 3.63) is 0 Å². The minimum absolute atomic E-state index is 0.298. The Morgan fingerprint density at radius 1 is 0.960 bits per heavy atom. The molecule has 0 spiro atoms. The van der Waals surface area contributed by atoms with E-state index in [-0.39, 0.29) is 0 Å². The molecule has 25 heavy (non-hydrogen) atoms. The maximum Gasteiger partial charge on any atom is 0.115 e. The summed E-state index contributed by atoms with van der Waals surface area (Å²) in [6.07, 6.45) is 12.4. The second-order valence-electron chi connectivity index (χ2n) is 8.38. The minimum atomic E-state index is -1.06. The molecule has 0 aliphatic rings. The van der Waals surface area contributed by atoms with Gasteiger partial charge in [-0.1, -0.05) is 71.1 Å². The van der Waals surface area contributed by atoms with Gasteiger partial charge in [0.2, 0.25) is 0 Å². The smallest absolute Gasteiger partial charge is 0.115 e. The van der Waals surface area contributed by atoms with Gasteiger partial charge in [0, 0.05) is 12.6 Å². The highest BCUT2D eigenvalue weighted by molar-refractivity contribution is 5.71. The normalized spacial score (nSPS) is 14.4. The summed E-state index contributed by atoms with van der Waals surface area (Å²) in [7, 11) is 6.01. The fraction of sp³-hybridized carbons (Fsp3) is 0.950. The predicted octanol–water partition coefficient (Wildman–Crippen LogP) is 2.07. The van der Waals surface area contributed by atoms with Gasteiger partial charge in [-0.3, -0.25) is 0 Å². The van der Waals surface area contributed by atoms with Crippen LogP contribution in [0.5, 0.6) is 0 Å². The Morgan fingerprint density at radius 2 is 1.44 bits per heavy atom. The Labute approximate surface area is 155 Å². The van der Waals surface area contributed by atoms with Crippen LogP contribution in [0.3, 0.4) is 0 Å². The highest BCUT2D eigenvalue weighted by Gasteiger charge is 2.17. The van der Waals surface area contributed by atoms with Gasteiger partial charge in [0.15, 0.2) is 0 Å². The van der Waals surface area contributed by atoms with E-state index in [1.807, 2.05) is 21.1 Å². The van der Waals surface area contributed by atoms with Gasteiger partial charge in [-0.15, -0.1) is 0 Å². The van der Waals surface area contributed by atoms with Crippen LogP contribution < -0.4 is 10.4 Å². The lowest BCUT2D eigenvalue weighted by atomic mass is 10.0. The molecule has 2 atom stereocenters. The number of hydrogen-bond donors (Lipinski definition) is 2. The van der Waals surface area contributed by atoms with E-state index in [1.54, 1.807) is 0 Å². The summed E-state index contributed by atoms with van der Waals surface area (Å²) >= 11 is 0. The van der Waals surface area contributed by atoms with Crippen LogP contribution in [-0.2, 0) is 4.79 Å². The molecular weight excluding hydrogens is 316 g/mol. The van der Waals surface area contributed by atoms with Crippen LogP contribution in [0, 0.1) is 0 Å². The molecule has 0 heterocycles. The summed E-state index contributed by atoms with van der Waals surface area (Å²) in [4.78, 5) is 11.2. The van der Waals surface area contributed by atoms with Crippen molar-refractivity contribution in [2.24, 2.45) is 0 Å². The summed E-state index contributed by atoms with van der Waals surface area (Å²) in [5.74, 6) is -1.06. The van der Waals surface area contributed by atoms with Gasteiger partial charge in [0.1, 0.15) is 12.6 Å². The maximum atomic E-state index is 11.2. The largest absolute Gasteiger partial charge is 0.548 e. The number of likely N-dealkylation sites (N-methyl/N-ethyl adjacent to an activating group) is 1. The third-order valence-corrected chi connectivity index (χ3v) is 4.49. The SMILES string of the molecule is CCCCCCCCCCCCC(NCC(O)C[N+](C)(C)C)C(=O)[O-]. The molecule has 0 rings (SSSR count). The molecule has 0 aromatic heterocycles. The first-order valence-electron chi connectivity index (χ1n) is 10.2. The van der Waals surface area contributed by atoms with Crippen LogP contribution in [-0.4, -0.2) is 61.9 Å². The number of aliphatic hydroxyl groups is 1. The van der Waals surface area contributed by atoms with Crippen LogP contribution in [0.4, 0.5) is 0 Å². The number of rotatable bonds is 17. The average molecular weight is 359 g/mol. The number of unbranched alkanes of at least 4 members (excludes halogenated alkanes) is 9. The van der Waals surface area contributed by atoms with E-state index in [4.69, 9.17) is 0 Å². The molecule has 0 radical (unpaired) electrons. The topological polar surface area (TPSA) is 72.4 Å². The van der Waals surface area contributed by atoms with Crippen molar-refractivity contribution in [2.45, 2.75) is 89.7 Å². The standard InChI is InChI=1S/C20H42N2O3/c1-5-6-7-8-9-10-11-12-13-14-15-19(20(24)25)21-16-18(23)17-22(2,3)4/h18-19,21,23H,5-17H2,1-4H3. The Kier molecular flexibility index (Phi) is 14.1. The van der Waals surface area contributed by atoms with E-state index in [0.29, 0.717) is 24.0 Å². The number of nitrogens with zero attached hydrogens (tertiary/aromatic N) is 1. The quantitative estimate of drug-likeness (QED) is 0.308. The van der Waals surface area contributed by atoms with Crippen molar-refractivity contribution in [3.8, 4) is 0 Å². The third-order valence-electron chi connectivity index (χ3n) is 4.49. The molecule has 0 fully saturated rings. The fourth-order valence-electron chi connectivity index (χ4n) is 3.11. The zero-order valence-electron chi connectivity index (χ0n) is 17.1. The highest BCUT2D eigenvalue weighted by Crippen LogP contribution is 2.12.